The van der Waals surface area contributed by atoms with Gasteiger partial charge < -0.3 is 5.32 Å². The van der Waals surface area contributed by atoms with Gasteiger partial charge in [-0.25, -0.2) is 4.68 Å². The van der Waals surface area contributed by atoms with Crippen LogP contribution in [0.3, 0.4) is 0 Å². The molecule has 6 heteroatoms. The van der Waals surface area contributed by atoms with Crippen molar-refractivity contribution in [3.63, 3.8) is 0 Å². The Morgan fingerprint density at radius 3 is 3.17 bits per heavy atom. The van der Waals surface area contributed by atoms with Gasteiger partial charge in [-0.15, -0.1) is 13.0 Å². The van der Waals surface area contributed by atoms with E-state index in [2.05, 4.69) is 38.8 Å². The summed E-state index contributed by atoms with van der Waals surface area (Å²) < 4.78 is 1.70. The van der Waals surface area contributed by atoms with Gasteiger partial charge in [0.1, 0.15) is 11.0 Å². The maximum absolute atomic E-state index is 11.8. The summed E-state index contributed by atoms with van der Waals surface area (Å²) in [6.07, 6.45) is 8.62. The molecule has 0 aliphatic carbocycles. The van der Waals surface area contributed by atoms with Crippen molar-refractivity contribution in [2.75, 3.05) is 23.4 Å². The normalized spacial score (nSPS) is 9.78. The molecular formula is C12H14BrN3OS. The molecule has 0 fully saturated rings. The zero-order chi connectivity index (χ0) is 13.4. The predicted molar refractivity (Wildman–Crippen MR) is 81.0 cm³/mol. The molecule has 0 saturated heterocycles. The molecule has 1 rings (SSSR count). The van der Waals surface area contributed by atoms with Gasteiger partial charge in [-0.2, -0.15) is 16.9 Å². The summed E-state index contributed by atoms with van der Waals surface area (Å²) in [5, 5.41) is 7.14. The second kappa shape index (κ2) is 8.01. The van der Waals surface area contributed by atoms with E-state index in [1.807, 2.05) is 6.08 Å². The molecule has 96 valence electrons. The smallest absolute Gasteiger partial charge is 0.284 e. The van der Waals surface area contributed by atoms with E-state index in [0.717, 1.165) is 18.1 Å². The Morgan fingerprint density at radius 2 is 2.50 bits per heavy atom. The highest BCUT2D eigenvalue weighted by molar-refractivity contribution is 9.10. The van der Waals surface area contributed by atoms with E-state index in [4.69, 9.17) is 6.42 Å². The van der Waals surface area contributed by atoms with Crippen LogP contribution in [0.1, 0.15) is 0 Å². The first-order chi connectivity index (χ1) is 8.70. The first kappa shape index (κ1) is 14.9. The van der Waals surface area contributed by atoms with Gasteiger partial charge in [0.25, 0.3) is 5.56 Å². The minimum Gasteiger partial charge on any atom is -0.382 e. The third-order valence-corrected chi connectivity index (χ3v) is 3.75. The number of hydrogen-bond donors (Lipinski definition) is 1. The molecule has 0 aliphatic heterocycles. The highest BCUT2D eigenvalue weighted by Gasteiger charge is 2.07. The highest BCUT2D eigenvalue weighted by Crippen LogP contribution is 2.16. The first-order valence-electron chi connectivity index (χ1n) is 5.32. The van der Waals surface area contributed by atoms with Crippen molar-refractivity contribution in [1.29, 1.82) is 0 Å². The van der Waals surface area contributed by atoms with E-state index in [9.17, 15) is 4.79 Å². The average molecular weight is 328 g/mol. The van der Waals surface area contributed by atoms with Crippen LogP contribution in [0.5, 0.6) is 0 Å². The van der Waals surface area contributed by atoms with Crippen LogP contribution in [-0.2, 0) is 6.54 Å². The van der Waals surface area contributed by atoms with Gasteiger partial charge in [-0.1, -0.05) is 12.0 Å². The van der Waals surface area contributed by atoms with E-state index >= 15 is 0 Å². The molecule has 1 N–H and O–H groups in total. The Labute approximate surface area is 119 Å². The van der Waals surface area contributed by atoms with Crippen molar-refractivity contribution < 1.29 is 0 Å². The quantitative estimate of drug-likeness (QED) is 0.472. The van der Waals surface area contributed by atoms with E-state index < -0.39 is 0 Å². The minimum atomic E-state index is -0.225. The molecule has 0 atom stereocenters. The number of rotatable bonds is 7. The average Bonchev–Trinajstić information content (AvgIpc) is 2.37. The fourth-order valence-electron chi connectivity index (χ4n) is 1.21. The third kappa shape index (κ3) is 4.24. The van der Waals surface area contributed by atoms with Gasteiger partial charge in [0.05, 0.1) is 11.9 Å². The first-order valence-corrected chi connectivity index (χ1v) is 7.27. The number of anilines is 1. The number of aromatic nitrogens is 2. The number of terminal acetylenes is 1. The zero-order valence-corrected chi connectivity index (χ0v) is 12.3. The van der Waals surface area contributed by atoms with Gasteiger partial charge in [-0.3, -0.25) is 4.79 Å². The van der Waals surface area contributed by atoms with Crippen molar-refractivity contribution >= 4 is 33.4 Å². The van der Waals surface area contributed by atoms with Crippen LogP contribution in [0.15, 0.2) is 28.1 Å². The lowest BCUT2D eigenvalue weighted by atomic mass is 10.4. The van der Waals surface area contributed by atoms with E-state index in [-0.39, 0.29) is 12.1 Å². The van der Waals surface area contributed by atoms with Gasteiger partial charge in [0, 0.05) is 18.1 Å². The number of nitrogens with zero attached hydrogens (tertiary/aromatic N) is 2. The molecule has 1 aromatic heterocycles. The molecule has 0 bridgehead atoms. The van der Waals surface area contributed by atoms with Crippen LogP contribution >= 0.6 is 27.7 Å². The SMILES string of the molecule is C#CCn1ncc(NCCSCC=C)c(Br)c1=O. The van der Waals surface area contributed by atoms with E-state index in [1.165, 1.54) is 4.68 Å². The fraction of sp³-hybridized carbons (Fsp3) is 0.333. The van der Waals surface area contributed by atoms with Gasteiger partial charge in [0.2, 0.25) is 0 Å². The lowest BCUT2D eigenvalue weighted by Gasteiger charge is -2.08. The maximum Gasteiger partial charge on any atom is 0.284 e. The molecule has 0 aromatic carbocycles. The summed E-state index contributed by atoms with van der Waals surface area (Å²) in [5.41, 5.74) is 0.462. The Hall–Kier alpha value is -1.19. The standard InChI is InChI=1S/C12H14BrN3OS/c1-3-6-16-12(17)11(13)10(9-15-16)14-5-8-18-7-4-2/h1,4,9,14H,2,5-8H2. The van der Waals surface area contributed by atoms with Gasteiger partial charge in [0.15, 0.2) is 0 Å². The number of hydrogen-bond acceptors (Lipinski definition) is 4. The molecule has 18 heavy (non-hydrogen) atoms. The Bertz CT molecular complexity index is 507. The summed E-state index contributed by atoms with van der Waals surface area (Å²) in [5.74, 6) is 4.24. The van der Waals surface area contributed by atoms with Crippen molar-refractivity contribution in [1.82, 2.24) is 9.78 Å². The lowest BCUT2D eigenvalue weighted by molar-refractivity contribution is 0.659. The molecule has 1 heterocycles. The van der Waals surface area contributed by atoms with Gasteiger partial charge >= 0.3 is 0 Å². The third-order valence-electron chi connectivity index (χ3n) is 2.02. The van der Waals surface area contributed by atoms with Crippen LogP contribution in [0.2, 0.25) is 0 Å². The van der Waals surface area contributed by atoms with Crippen molar-refractivity contribution in [2.24, 2.45) is 0 Å². The summed E-state index contributed by atoms with van der Waals surface area (Å²) in [6.45, 7) is 4.59. The molecule has 0 saturated carbocycles. The summed E-state index contributed by atoms with van der Waals surface area (Å²) >= 11 is 5.02. The topological polar surface area (TPSA) is 46.9 Å². The number of thioether (sulfide) groups is 1. The second-order valence-corrected chi connectivity index (χ2v) is 5.27. The maximum atomic E-state index is 11.8. The Morgan fingerprint density at radius 1 is 1.72 bits per heavy atom. The molecule has 1 aromatic rings. The van der Waals surface area contributed by atoms with Crippen molar-refractivity contribution in [2.45, 2.75) is 6.54 Å². The van der Waals surface area contributed by atoms with Crippen LogP contribution in [0.25, 0.3) is 0 Å². The fourth-order valence-corrected chi connectivity index (χ4v) is 2.24. The summed E-state index contributed by atoms with van der Waals surface area (Å²) in [7, 11) is 0. The molecular weight excluding hydrogens is 314 g/mol. The summed E-state index contributed by atoms with van der Waals surface area (Å²) in [4.78, 5) is 11.8. The molecule has 0 amide bonds. The molecule has 0 spiro atoms. The molecule has 0 unspecified atom stereocenters. The Balaban J connectivity index is 2.63. The molecule has 0 radical (unpaired) electrons. The van der Waals surface area contributed by atoms with Crippen LogP contribution in [0.4, 0.5) is 5.69 Å². The van der Waals surface area contributed by atoms with Crippen molar-refractivity contribution in [3.05, 3.63) is 33.7 Å². The highest BCUT2D eigenvalue weighted by atomic mass is 79.9. The Kier molecular flexibility index (Phi) is 6.61. The zero-order valence-electron chi connectivity index (χ0n) is 9.86. The largest absolute Gasteiger partial charge is 0.382 e. The monoisotopic (exact) mass is 327 g/mol. The second-order valence-electron chi connectivity index (χ2n) is 3.33. The predicted octanol–water partition coefficient (Wildman–Crippen LogP) is 1.97. The lowest BCUT2D eigenvalue weighted by Crippen LogP contribution is -2.24. The van der Waals surface area contributed by atoms with Crippen molar-refractivity contribution in [3.8, 4) is 12.3 Å². The molecule has 0 aliphatic rings. The minimum absolute atomic E-state index is 0.174. The number of halogens is 1. The molecule has 4 nitrogen and oxygen atoms in total. The van der Waals surface area contributed by atoms with Crippen LogP contribution in [-0.4, -0.2) is 27.8 Å². The van der Waals surface area contributed by atoms with Gasteiger partial charge in [-0.05, 0) is 15.9 Å². The summed E-state index contributed by atoms with van der Waals surface area (Å²) in [6, 6.07) is 0. The van der Waals surface area contributed by atoms with E-state index in [1.54, 1.807) is 18.0 Å². The van der Waals surface area contributed by atoms with Crippen LogP contribution in [0, 0.1) is 12.3 Å². The number of nitrogens with one attached hydrogen (secondary N) is 1. The van der Waals surface area contributed by atoms with E-state index in [0.29, 0.717) is 10.2 Å². The van der Waals surface area contributed by atoms with Crippen LogP contribution < -0.4 is 10.9 Å².